The highest BCUT2D eigenvalue weighted by molar-refractivity contribution is 4.37. The number of unbranched alkanes of at least 4 members (excludes halogenated alkanes) is 1. The monoisotopic (exact) mass is 206 g/mol. The van der Waals surface area contributed by atoms with E-state index in [9.17, 15) is 0 Å². The molecular formula is C10H22O4. The molecule has 0 aromatic carbocycles. The van der Waals surface area contributed by atoms with E-state index in [-0.39, 0.29) is 6.61 Å². The third-order valence-electron chi connectivity index (χ3n) is 1.62. The van der Waals surface area contributed by atoms with Crippen LogP contribution in [-0.4, -0.2) is 51.4 Å². The fourth-order valence-corrected chi connectivity index (χ4v) is 0.853. The van der Waals surface area contributed by atoms with Crippen LogP contribution in [0, 0.1) is 0 Å². The topological polar surface area (TPSA) is 47.9 Å². The molecule has 0 saturated carbocycles. The molecule has 0 amide bonds. The van der Waals surface area contributed by atoms with Gasteiger partial charge in [0.1, 0.15) is 0 Å². The highest BCUT2D eigenvalue weighted by atomic mass is 16.6. The maximum atomic E-state index is 8.24. The molecule has 86 valence electrons. The summed E-state index contributed by atoms with van der Waals surface area (Å²) in [6, 6.07) is 0. The van der Waals surface area contributed by atoms with Crippen molar-refractivity contribution in [3.05, 3.63) is 0 Å². The van der Waals surface area contributed by atoms with Gasteiger partial charge in [0, 0.05) is 6.61 Å². The zero-order chi connectivity index (χ0) is 10.5. The SMILES string of the molecule is C1COCCO1.CCCCOCCO. The summed E-state index contributed by atoms with van der Waals surface area (Å²) < 4.78 is 14.9. The van der Waals surface area contributed by atoms with Gasteiger partial charge in [0.2, 0.25) is 0 Å². The Morgan fingerprint density at radius 3 is 2.00 bits per heavy atom. The molecule has 0 aliphatic carbocycles. The lowest BCUT2D eigenvalue weighted by atomic mass is 10.4. The number of ether oxygens (including phenoxy) is 3. The molecule has 1 aliphatic rings. The third kappa shape index (κ3) is 11.8. The lowest BCUT2D eigenvalue weighted by Gasteiger charge is -2.09. The van der Waals surface area contributed by atoms with Gasteiger partial charge >= 0.3 is 0 Å². The van der Waals surface area contributed by atoms with Gasteiger partial charge in [-0.3, -0.25) is 0 Å². The molecule has 0 radical (unpaired) electrons. The molecule has 14 heavy (non-hydrogen) atoms. The van der Waals surface area contributed by atoms with E-state index in [2.05, 4.69) is 6.92 Å². The smallest absolute Gasteiger partial charge is 0.0701 e. The van der Waals surface area contributed by atoms with Crippen molar-refractivity contribution in [3.63, 3.8) is 0 Å². The summed E-state index contributed by atoms with van der Waals surface area (Å²) >= 11 is 0. The Balaban J connectivity index is 0.000000249. The molecule has 0 aromatic rings. The van der Waals surface area contributed by atoms with E-state index < -0.39 is 0 Å². The molecule has 0 spiro atoms. The van der Waals surface area contributed by atoms with Gasteiger partial charge in [0.15, 0.2) is 0 Å². The van der Waals surface area contributed by atoms with Crippen molar-refractivity contribution in [1.29, 1.82) is 0 Å². The summed E-state index contributed by atoms with van der Waals surface area (Å²) in [5.41, 5.74) is 0. The zero-order valence-corrected chi connectivity index (χ0v) is 9.04. The lowest BCUT2D eigenvalue weighted by molar-refractivity contribution is -0.0334. The molecule has 0 bridgehead atoms. The Kier molecular flexibility index (Phi) is 12.7. The van der Waals surface area contributed by atoms with E-state index in [0.717, 1.165) is 45.9 Å². The summed E-state index contributed by atoms with van der Waals surface area (Å²) in [6.07, 6.45) is 2.26. The first-order chi connectivity index (χ1) is 6.91. The largest absolute Gasteiger partial charge is 0.394 e. The highest BCUT2D eigenvalue weighted by Gasteiger charge is 1.94. The molecular weight excluding hydrogens is 184 g/mol. The third-order valence-corrected chi connectivity index (χ3v) is 1.62. The summed E-state index contributed by atoms with van der Waals surface area (Å²) in [4.78, 5) is 0. The predicted octanol–water partition coefficient (Wildman–Crippen LogP) is 0.829. The second kappa shape index (κ2) is 12.8. The number of hydrogen-bond acceptors (Lipinski definition) is 4. The Labute approximate surface area is 86.2 Å². The minimum absolute atomic E-state index is 0.143. The minimum Gasteiger partial charge on any atom is -0.394 e. The molecule has 1 heterocycles. The molecule has 0 unspecified atom stereocenters. The van der Waals surface area contributed by atoms with E-state index in [1.807, 2.05) is 0 Å². The normalized spacial score (nSPS) is 15.9. The van der Waals surface area contributed by atoms with Gasteiger partial charge in [0.25, 0.3) is 0 Å². The van der Waals surface area contributed by atoms with Crippen molar-refractivity contribution < 1.29 is 19.3 Å². The number of aliphatic hydroxyl groups excluding tert-OH is 1. The van der Waals surface area contributed by atoms with Crippen LogP contribution in [-0.2, 0) is 14.2 Å². The summed E-state index contributed by atoms with van der Waals surface area (Å²) in [5, 5.41) is 8.24. The maximum absolute atomic E-state index is 8.24. The molecule has 4 nitrogen and oxygen atoms in total. The van der Waals surface area contributed by atoms with Crippen molar-refractivity contribution in [3.8, 4) is 0 Å². The maximum Gasteiger partial charge on any atom is 0.0701 e. The van der Waals surface area contributed by atoms with Crippen LogP contribution >= 0.6 is 0 Å². The van der Waals surface area contributed by atoms with Crippen LogP contribution in [0.3, 0.4) is 0 Å². The highest BCUT2D eigenvalue weighted by Crippen LogP contribution is 1.86. The van der Waals surface area contributed by atoms with Crippen LogP contribution in [0.1, 0.15) is 19.8 Å². The van der Waals surface area contributed by atoms with Gasteiger partial charge < -0.3 is 19.3 Å². The summed E-state index contributed by atoms with van der Waals surface area (Å²) in [5.74, 6) is 0. The second-order valence-electron chi connectivity index (χ2n) is 2.91. The number of hydrogen-bond donors (Lipinski definition) is 1. The molecule has 1 rings (SSSR count). The predicted molar refractivity (Wildman–Crippen MR) is 54.5 cm³/mol. The van der Waals surface area contributed by atoms with Gasteiger partial charge in [-0.05, 0) is 6.42 Å². The Morgan fingerprint density at radius 1 is 1.07 bits per heavy atom. The number of aliphatic hydroxyl groups is 1. The first-order valence-electron chi connectivity index (χ1n) is 5.26. The van der Waals surface area contributed by atoms with Crippen molar-refractivity contribution in [2.75, 3.05) is 46.2 Å². The van der Waals surface area contributed by atoms with Crippen LogP contribution in [0.5, 0.6) is 0 Å². The Morgan fingerprint density at radius 2 is 1.64 bits per heavy atom. The standard InChI is InChI=1S/C6H14O2.C4H8O2/c1-2-3-5-8-6-4-7;1-2-6-4-3-5-1/h7H,2-6H2,1H3;1-4H2. The van der Waals surface area contributed by atoms with Crippen LogP contribution in [0.2, 0.25) is 0 Å². The molecule has 4 heteroatoms. The molecule has 0 aromatic heterocycles. The molecule has 1 aliphatic heterocycles. The van der Waals surface area contributed by atoms with Crippen molar-refractivity contribution >= 4 is 0 Å². The van der Waals surface area contributed by atoms with Crippen molar-refractivity contribution in [2.24, 2.45) is 0 Å². The van der Waals surface area contributed by atoms with E-state index >= 15 is 0 Å². The summed E-state index contributed by atoms with van der Waals surface area (Å²) in [6.45, 7) is 6.64. The van der Waals surface area contributed by atoms with Gasteiger partial charge in [-0.2, -0.15) is 0 Å². The lowest BCUT2D eigenvalue weighted by Crippen LogP contribution is -2.16. The van der Waals surface area contributed by atoms with E-state index in [0.29, 0.717) is 6.61 Å². The van der Waals surface area contributed by atoms with Gasteiger partial charge in [-0.15, -0.1) is 0 Å². The minimum atomic E-state index is 0.143. The Bertz CT molecular complexity index is 76.6. The van der Waals surface area contributed by atoms with Gasteiger partial charge in [-0.1, -0.05) is 13.3 Å². The molecule has 0 atom stereocenters. The van der Waals surface area contributed by atoms with E-state index in [1.165, 1.54) is 0 Å². The zero-order valence-electron chi connectivity index (χ0n) is 9.04. The summed E-state index contributed by atoms with van der Waals surface area (Å²) in [7, 11) is 0. The van der Waals surface area contributed by atoms with Crippen LogP contribution in [0.25, 0.3) is 0 Å². The molecule has 1 N–H and O–H groups in total. The second-order valence-corrected chi connectivity index (χ2v) is 2.91. The van der Waals surface area contributed by atoms with Crippen LogP contribution in [0.15, 0.2) is 0 Å². The van der Waals surface area contributed by atoms with Gasteiger partial charge in [0.05, 0.1) is 39.6 Å². The average Bonchev–Trinajstić information content (AvgIpc) is 2.28. The quantitative estimate of drug-likeness (QED) is 0.677. The van der Waals surface area contributed by atoms with E-state index in [4.69, 9.17) is 19.3 Å². The van der Waals surface area contributed by atoms with Crippen molar-refractivity contribution in [1.82, 2.24) is 0 Å². The van der Waals surface area contributed by atoms with Crippen LogP contribution in [0.4, 0.5) is 0 Å². The fourth-order valence-electron chi connectivity index (χ4n) is 0.853. The number of rotatable bonds is 5. The Hall–Kier alpha value is -0.160. The van der Waals surface area contributed by atoms with Crippen molar-refractivity contribution in [2.45, 2.75) is 19.8 Å². The van der Waals surface area contributed by atoms with E-state index in [1.54, 1.807) is 0 Å². The first kappa shape index (κ1) is 13.8. The fraction of sp³-hybridized carbons (Fsp3) is 1.00. The first-order valence-corrected chi connectivity index (χ1v) is 5.26. The van der Waals surface area contributed by atoms with Crippen LogP contribution < -0.4 is 0 Å². The molecule has 1 fully saturated rings. The van der Waals surface area contributed by atoms with Gasteiger partial charge in [-0.25, -0.2) is 0 Å². The molecule has 1 saturated heterocycles. The average molecular weight is 206 g/mol.